The zero-order chi connectivity index (χ0) is 19.1. The van der Waals surface area contributed by atoms with Crippen molar-refractivity contribution in [2.45, 2.75) is 13.8 Å². The van der Waals surface area contributed by atoms with Crippen molar-refractivity contribution in [3.8, 4) is 0 Å². The van der Waals surface area contributed by atoms with Crippen molar-refractivity contribution < 1.29 is 19.1 Å². The fourth-order valence-electron chi connectivity index (χ4n) is 2.26. The highest BCUT2D eigenvalue weighted by molar-refractivity contribution is 6.08. The molecule has 6 nitrogen and oxygen atoms in total. The van der Waals surface area contributed by atoms with Crippen LogP contribution in [0.2, 0.25) is 0 Å². The first-order chi connectivity index (χ1) is 12.4. The van der Waals surface area contributed by atoms with Crippen molar-refractivity contribution >= 4 is 29.5 Å². The van der Waals surface area contributed by atoms with Gasteiger partial charge in [0.2, 0.25) is 5.91 Å². The van der Waals surface area contributed by atoms with E-state index < -0.39 is 11.9 Å². The molecule has 134 valence electrons. The summed E-state index contributed by atoms with van der Waals surface area (Å²) in [7, 11) is 1.30. The molecule has 0 heterocycles. The molecule has 0 aromatic heterocycles. The van der Waals surface area contributed by atoms with Gasteiger partial charge in [-0.1, -0.05) is 24.3 Å². The molecule has 0 saturated carbocycles. The maximum Gasteiger partial charge on any atom is 0.337 e. The monoisotopic (exact) mass is 352 g/mol. The average Bonchev–Trinajstić information content (AvgIpc) is 2.62. The van der Waals surface area contributed by atoms with Crippen LogP contribution in [-0.4, -0.2) is 24.9 Å². The quantitative estimate of drug-likeness (QED) is 0.640. The highest BCUT2D eigenvalue weighted by Gasteiger charge is 2.13. The zero-order valence-corrected chi connectivity index (χ0v) is 14.8. The summed E-state index contributed by atoms with van der Waals surface area (Å²) in [6.07, 6.45) is 1.62. The van der Waals surface area contributed by atoms with Crippen LogP contribution < -0.4 is 10.6 Å². The van der Waals surface area contributed by atoms with Gasteiger partial charge in [-0.15, -0.1) is 0 Å². The summed E-state index contributed by atoms with van der Waals surface area (Å²) in [5.41, 5.74) is 2.80. The smallest absolute Gasteiger partial charge is 0.337 e. The van der Waals surface area contributed by atoms with Crippen LogP contribution in [0, 0.1) is 6.92 Å². The number of benzene rings is 2. The third-order valence-corrected chi connectivity index (χ3v) is 3.61. The van der Waals surface area contributed by atoms with E-state index in [0.29, 0.717) is 11.3 Å². The summed E-state index contributed by atoms with van der Waals surface area (Å²) in [6.45, 7) is 3.25. The van der Waals surface area contributed by atoms with Gasteiger partial charge in [-0.3, -0.25) is 9.59 Å². The number of methoxy groups -OCH3 is 1. The number of carbonyl (C=O) groups is 3. The summed E-state index contributed by atoms with van der Waals surface area (Å²) in [5.74, 6) is -1.27. The molecule has 2 amide bonds. The van der Waals surface area contributed by atoms with Gasteiger partial charge in [0.15, 0.2) is 0 Å². The summed E-state index contributed by atoms with van der Waals surface area (Å²) in [6, 6.07) is 13.8. The topological polar surface area (TPSA) is 84.5 Å². The lowest BCUT2D eigenvalue weighted by atomic mass is 10.1. The Kier molecular flexibility index (Phi) is 6.27. The first kappa shape index (κ1) is 18.9. The largest absolute Gasteiger partial charge is 0.465 e. The number of rotatable bonds is 5. The number of nitrogens with one attached hydrogen (secondary N) is 2. The maximum absolute atomic E-state index is 12.6. The molecule has 0 aliphatic rings. The van der Waals surface area contributed by atoms with Crippen LogP contribution >= 0.6 is 0 Å². The predicted octanol–water partition coefficient (Wildman–Crippen LogP) is 2.90. The minimum absolute atomic E-state index is 0.129. The summed E-state index contributed by atoms with van der Waals surface area (Å²) in [4.78, 5) is 35.5. The van der Waals surface area contributed by atoms with E-state index in [4.69, 9.17) is 0 Å². The van der Waals surface area contributed by atoms with E-state index in [-0.39, 0.29) is 11.6 Å². The second kappa shape index (κ2) is 8.62. The Balaban J connectivity index is 2.23. The molecule has 2 aromatic carbocycles. The van der Waals surface area contributed by atoms with Crippen molar-refractivity contribution in [2.75, 3.05) is 12.4 Å². The highest BCUT2D eigenvalue weighted by Crippen LogP contribution is 2.14. The maximum atomic E-state index is 12.6. The summed E-state index contributed by atoms with van der Waals surface area (Å²) in [5, 5.41) is 5.25. The zero-order valence-electron chi connectivity index (χ0n) is 14.8. The average molecular weight is 352 g/mol. The van der Waals surface area contributed by atoms with E-state index in [2.05, 4.69) is 15.4 Å². The molecule has 2 aromatic rings. The normalized spacial score (nSPS) is 10.8. The minimum atomic E-state index is -0.464. The predicted molar refractivity (Wildman–Crippen MR) is 99.4 cm³/mol. The Morgan fingerprint density at radius 1 is 1.00 bits per heavy atom. The Hall–Kier alpha value is -3.41. The third-order valence-electron chi connectivity index (χ3n) is 3.61. The lowest BCUT2D eigenvalue weighted by Crippen LogP contribution is -2.29. The van der Waals surface area contributed by atoms with Crippen LogP contribution in [0.25, 0.3) is 6.08 Å². The molecule has 0 aliphatic carbocycles. The van der Waals surface area contributed by atoms with Gasteiger partial charge in [0.25, 0.3) is 5.91 Å². The number of esters is 1. The van der Waals surface area contributed by atoms with Gasteiger partial charge in [0, 0.05) is 12.6 Å². The van der Waals surface area contributed by atoms with E-state index in [1.54, 1.807) is 30.3 Å². The van der Waals surface area contributed by atoms with Gasteiger partial charge in [-0.05, 0) is 48.4 Å². The number of amides is 2. The van der Waals surface area contributed by atoms with Crippen LogP contribution in [0.1, 0.15) is 28.4 Å². The van der Waals surface area contributed by atoms with E-state index in [1.807, 2.05) is 31.2 Å². The Bertz CT molecular complexity index is 854. The molecule has 0 fully saturated rings. The van der Waals surface area contributed by atoms with Crippen LogP contribution in [0.15, 0.2) is 54.2 Å². The van der Waals surface area contributed by atoms with E-state index in [1.165, 1.54) is 14.0 Å². The fourth-order valence-corrected chi connectivity index (χ4v) is 2.26. The molecular formula is C20H20N2O4. The Morgan fingerprint density at radius 2 is 1.65 bits per heavy atom. The number of hydrogen-bond acceptors (Lipinski definition) is 4. The van der Waals surface area contributed by atoms with Gasteiger partial charge >= 0.3 is 5.97 Å². The lowest BCUT2D eigenvalue weighted by Gasteiger charge is -2.11. The summed E-state index contributed by atoms with van der Waals surface area (Å²) < 4.78 is 4.63. The Morgan fingerprint density at radius 3 is 2.23 bits per heavy atom. The SMILES string of the molecule is COC(=O)c1ccc(NC(=O)/C(=C/c2ccccc2C)NC(C)=O)cc1. The van der Waals surface area contributed by atoms with Crippen LogP contribution in [-0.2, 0) is 14.3 Å². The van der Waals surface area contributed by atoms with Gasteiger partial charge in [-0.2, -0.15) is 0 Å². The molecule has 0 unspecified atom stereocenters. The first-order valence-corrected chi connectivity index (χ1v) is 7.95. The molecular weight excluding hydrogens is 332 g/mol. The van der Waals surface area contributed by atoms with Crippen LogP contribution in [0.4, 0.5) is 5.69 Å². The van der Waals surface area contributed by atoms with Crippen molar-refractivity contribution in [3.63, 3.8) is 0 Å². The number of aryl methyl sites for hydroxylation is 1. The van der Waals surface area contributed by atoms with Gasteiger partial charge in [0.1, 0.15) is 5.70 Å². The number of anilines is 1. The molecule has 6 heteroatoms. The van der Waals surface area contributed by atoms with Gasteiger partial charge < -0.3 is 15.4 Å². The molecule has 0 spiro atoms. The fraction of sp³-hybridized carbons (Fsp3) is 0.150. The second-order valence-electron chi connectivity index (χ2n) is 5.62. The highest BCUT2D eigenvalue weighted by atomic mass is 16.5. The molecule has 26 heavy (non-hydrogen) atoms. The van der Waals surface area contributed by atoms with Gasteiger partial charge in [0.05, 0.1) is 12.7 Å². The molecule has 0 aliphatic heterocycles. The van der Waals surface area contributed by atoms with Crippen molar-refractivity contribution in [1.29, 1.82) is 0 Å². The first-order valence-electron chi connectivity index (χ1n) is 7.95. The molecule has 0 atom stereocenters. The minimum Gasteiger partial charge on any atom is -0.465 e. The van der Waals surface area contributed by atoms with Crippen LogP contribution in [0.5, 0.6) is 0 Å². The number of ether oxygens (including phenoxy) is 1. The van der Waals surface area contributed by atoms with Crippen molar-refractivity contribution in [3.05, 3.63) is 70.9 Å². The molecule has 0 saturated heterocycles. The van der Waals surface area contributed by atoms with Gasteiger partial charge in [-0.25, -0.2) is 4.79 Å². The Labute approximate surface area is 151 Å². The lowest BCUT2D eigenvalue weighted by molar-refractivity contribution is -0.120. The molecule has 0 radical (unpaired) electrons. The number of hydrogen-bond donors (Lipinski definition) is 2. The second-order valence-corrected chi connectivity index (χ2v) is 5.62. The number of carbonyl (C=O) groups excluding carboxylic acids is 3. The molecule has 2 N–H and O–H groups in total. The molecule has 2 rings (SSSR count). The van der Waals surface area contributed by atoms with Crippen LogP contribution in [0.3, 0.4) is 0 Å². The van der Waals surface area contributed by atoms with E-state index in [0.717, 1.165) is 11.1 Å². The van der Waals surface area contributed by atoms with Crippen molar-refractivity contribution in [2.24, 2.45) is 0 Å². The van der Waals surface area contributed by atoms with E-state index >= 15 is 0 Å². The molecule has 0 bridgehead atoms. The standard InChI is InChI=1S/C20H20N2O4/c1-13-6-4-5-7-16(13)12-18(21-14(2)23)19(24)22-17-10-8-15(9-11-17)20(25)26-3/h4-12H,1-3H3,(H,21,23)(H,22,24)/b18-12-. The summed E-state index contributed by atoms with van der Waals surface area (Å²) >= 11 is 0. The van der Waals surface area contributed by atoms with Crippen molar-refractivity contribution in [1.82, 2.24) is 5.32 Å². The third kappa shape index (κ3) is 5.04. The van der Waals surface area contributed by atoms with E-state index in [9.17, 15) is 14.4 Å².